The highest BCUT2D eigenvalue weighted by Crippen LogP contribution is 2.32. The first kappa shape index (κ1) is 15.8. The number of anilines is 1. The molecule has 0 amide bonds. The smallest absolute Gasteiger partial charge is 0.323 e. The summed E-state index contributed by atoms with van der Waals surface area (Å²) in [6.07, 6.45) is 0. The molecule has 0 radical (unpaired) electrons. The predicted molar refractivity (Wildman–Crippen MR) is 83.4 cm³/mol. The van der Waals surface area contributed by atoms with Crippen LogP contribution in [0, 0.1) is 0 Å². The van der Waals surface area contributed by atoms with Crippen LogP contribution in [0.4, 0.5) is 5.69 Å². The van der Waals surface area contributed by atoms with Gasteiger partial charge in [-0.05, 0) is 18.2 Å². The van der Waals surface area contributed by atoms with Gasteiger partial charge in [0.15, 0.2) is 5.78 Å². The van der Waals surface area contributed by atoms with Crippen LogP contribution in [0.25, 0.3) is 0 Å². The first-order valence-corrected chi connectivity index (χ1v) is 7.70. The molecular formula is C16H20N2O5. The van der Waals surface area contributed by atoms with Crippen LogP contribution in [-0.4, -0.2) is 74.3 Å². The summed E-state index contributed by atoms with van der Waals surface area (Å²) >= 11 is 0. The third-order valence-corrected chi connectivity index (χ3v) is 4.04. The lowest BCUT2D eigenvalue weighted by atomic mass is 10.1. The zero-order valence-corrected chi connectivity index (χ0v) is 12.9. The number of hydrogen-bond donors (Lipinski definition) is 1. The average molecular weight is 320 g/mol. The number of carboxylic acid groups (broad SMARTS) is 1. The lowest BCUT2D eigenvalue weighted by Gasteiger charge is -2.30. The molecule has 0 aliphatic carbocycles. The third kappa shape index (κ3) is 3.80. The molecule has 0 bridgehead atoms. The Kier molecular flexibility index (Phi) is 4.78. The predicted octanol–water partition coefficient (Wildman–Crippen LogP) is 0.485. The maximum atomic E-state index is 12.5. The fraction of sp³-hybridized carbons (Fsp3) is 0.500. The number of nitrogens with zero attached hydrogens (tertiary/aromatic N) is 2. The molecular weight excluding hydrogens is 300 g/mol. The van der Waals surface area contributed by atoms with E-state index >= 15 is 0 Å². The zero-order chi connectivity index (χ0) is 16.2. The van der Waals surface area contributed by atoms with Gasteiger partial charge in [-0.2, -0.15) is 0 Å². The number of carboxylic acids is 1. The maximum absolute atomic E-state index is 12.5. The number of ether oxygens (including phenoxy) is 2. The van der Waals surface area contributed by atoms with E-state index in [4.69, 9.17) is 14.6 Å². The average Bonchev–Trinajstić information content (AvgIpc) is 2.55. The molecule has 1 saturated heterocycles. The minimum absolute atomic E-state index is 0.0237. The summed E-state index contributed by atoms with van der Waals surface area (Å²) in [5.41, 5.74) is 1.25. The topological polar surface area (TPSA) is 79.3 Å². The van der Waals surface area contributed by atoms with Crippen LogP contribution < -0.4 is 9.64 Å². The Morgan fingerprint density at radius 3 is 2.61 bits per heavy atom. The molecule has 1 fully saturated rings. The molecule has 0 unspecified atom stereocenters. The Morgan fingerprint density at radius 2 is 1.87 bits per heavy atom. The second-order valence-electron chi connectivity index (χ2n) is 5.66. The van der Waals surface area contributed by atoms with Gasteiger partial charge >= 0.3 is 5.97 Å². The molecule has 2 heterocycles. The minimum Gasteiger partial charge on any atom is -0.490 e. The van der Waals surface area contributed by atoms with Crippen molar-refractivity contribution in [2.45, 2.75) is 0 Å². The Hall–Kier alpha value is -2.12. The molecule has 7 heteroatoms. The first-order valence-electron chi connectivity index (χ1n) is 7.70. The summed E-state index contributed by atoms with van der Waals surface area (Å²) in [4.78, 5) is 27.3. The lowest BCUT2D eigenvalue weighted by Crippen LogP contribution is -2.39. The number of Topliss-reactive ketones (excluding diaryl/α,β-unsaturated/α-hetero) is 1. The quantitative estimate of drug-likeness (QED) is 0.791. The van der Waals surface area contributed by atoms with Gasteiger partial charge < -0.3 is 19.5 Å². The fourth-order valence-corrected chi connectivity index (χ4v) is 2.83. The van der Waals surface area contributed by atoms with Gasteiger partial charge in [0.05, 0.1) is 32.0 Å². The van der Waals surface area contributed by atoms with Crippen molar-refractivity contribution < 1.29 is 24.2 Å². The molecule has 124 valence electrons. The van der Waals surface area contributed by atoms with Crippen molar-refractivity contribution in [2.24, 2.45) is 0 Å². The standard InChI is InChI=1S/C16H20N2O5/c19-14(10-17-3-6-22-7-4-17)12-1-2-15-13(9-12)18(5-8-23-15)11-16(20)21/h1-2,9H,3-8,10-11H2,(H,20,21). The molecule has 2 aliphatic rings. The number of rotatable bonds is 5. The van der Waals surface area contributed by atoms with Gasteiger partial charge in [0, 0.05) is 18.7 Å². The highest BCUT2D eigenvalue weighted by atomic mass is 16.5. The molecule has 1 N–H and O–H groups in total. The van der Waals surface area contributed by atoms with Gasteiger partial charge in [0.2, 0.25) is 0 Å². The summed E-state index contributed by atoms with van der Waals surface area (Å²) in [5.74, 6) is -0.251. The number of carbonyl (C=O) groups excluding carboxylic acids is 1. The number of benzene rings is 1. The molecule has 0 aromatic heterocycles. The number of carbonyl (C=O) groups is 2. The van der Waals surface area contributed by atoms with E-state index in [0.29, 0.717) is 49.9 Å². The number of morpholine rings is 1. The summed E-state index contributed by atoms with van der Waals surface area (Å²) in [6, 6.07) is 5.22. The largest absolute Gasteiger partial charge is 0.490 e. The molecule has 1 aromatic carbocycles. The lowest BCUT2D eigenvalue weighted by molar-refractivity contribution is -0.135. The van der Waals surface area contributed by atoms with Crippen LogP contribution in [0.5, 0.6) is 5.75 Å². The van der Waals surface area contributed by atoms with Crippen LogP contribution in [0.3, 0.4) is 0 Å². The second-order valence-corrected chi connectivity index (χ2v) is 5.66. The molecule has 1 aromatic rings. The van der Waals surface area contributed by atoms with Crippen LogP contribution in [0.2, 0.25) is 0 Å². The minimum atomic E-state index is -0.900. The SMILES string of the molecule is O=C(O)CN1CCOc2ccc(C(=O)CN3CCOCC3)cc21. The Labute approximate surface area is 134 Å². The van der Waals surface area contributed by atoms with Crippen molar-refractivity contribution in [3.8, 4) is 5.75 Å². The third-order valence-electron chi connectivity index (χ3n) is 4.04. The van der Waals surface area contributed by atoms with Gasteiger partial charge in [-0.3, -0.25) is 14.5 Å². The number of hydrogen-bond acceptors (Lipinski definition) is 6. The van der Waals surface area contributed by atoms with Crippen molar-refractivity contribution in [2.75, 3.05) is 57.4 Å². The number of ketones is 1. The Bertz CT molecular complexity index is 598. The molecule has 7 nitrogen and oxygen atoms in total. The molecule has 3 rings (SSSR count). The molecule has 0 spiro atoms. The van der Waals surface area contributed by atoms with Gasteiger partial charge in [-0.1, -0.05) is 0 Å². The normalized spacial score (nSPS) is 18.2. The summed E-state index contributed by atoms with van der Waals surface area (Å²) < 4.78 is 10.8. The van der Waals surface area contributed by atoms with Crippen LogP contribution in [-0.2, 0) is 9.53 Å². The van der Waals surface area contributed by atoms with Gasteiger partial charge in [-0.15, -0.1) is 0 Å². The van der Waals surface area contributed by atoms with E-state index in [-0.39, 0.29) is 12.3 Å². The maximum Gasteiger partial charge on any atom is 0.323 e. The van der Waals surface area contributed by atoms with Gasteiger partial charge in [-0.25, -0.2) is 0 Å². The first-order chi connectivity index (χ1) is 11.1. The van der Waals surface area contributed by atoms with Crippen molar-refractivity contribution in [3.63, 3.8) is 0 Å². The van der Waals surface area contributed by atoms with Crippen LogP contribution >= 0.6 is 0 Å². The van der Waals surface area contributed by atoms with Crippen LogP contribution in [0.1, 0.15) is 10.4 Å². The molecule has 0 saturated carbocycles. The number of aliphatic carboxylic acids is 1. The van der Waals surface area contributed by atoms with E-state index in [1.807, 2.05) is 0 Å². The van der Waals surface area contributed by atoms with E-state index < -0.39 is 5.97 Å². The number of fused-ring (bicyclic) bond motifs is 1. The second kappa shape index (κ2) is 6.97. The highest BCUT2D eigenvalue weighted by molar-refractivity contribution is 5.99. The molecule has 2 aliphatic heterocycles. The Morgan fingerprint density at radius 1 is 1.09 bits per heavy atom. The van der Waals surface area contributed by atoms with Gasteiger partial charge in [0.1, 0.15) is 18.9 Å². The van der Waals surface area contributed by atoms with Crippen LogP contribution in [0.15, 0.2) is 18.2 Å². The van der Waals surface area contributed by atoms with E-state index in [1.165, 1.54) is 0 Å². The van der Waals surface area contributed by atoms with E-state index in [1.54, 1.807) is 23.1 Å². The Balaban J connectivity index is 1.75. The molecule has 0 atom stereocenters. The van der Waals surface area contributed by atoms with E-state index in [9.17, 15) is 9.59 Å². The van der Waals surface area contributed by atoms with Crippen molar-refractivity contribution >= 4 is 17.4 Å². The molecule has 23 heavy (non-hydrogen) atoms. The van der Waals surface area contributed by atoms with Gasteiger partial charge in [0.25, 0.3) is 0 Å². The van der Waals surface area contributed by atoms with E-state index in [2.05, 4.69) is 4.90 Å². The van der Waals surface area contributed by atoms with Crippen molar-refractivity contribution in [3.05, 3.63) is 23.8 Å². The highest BCUT2D eigenvalue weighted by Gasteiger charge is 2.22. The zero-order valence-electron chi connectivity index (χ0n) is 12.9. The van der Waals surface area contributed by atoms with E-state index in [0.717, 1.165) is 13.1 Å². The summed E-state index contributed by atoms with van der Waals surface area (Å²) in [6.45, 7) is 4.01. The summed E-state index contributed by atoms with van der Waals surface area (Å²) in [7, 11) is 0. The van der Waals surface area contributed by atoms with Crippen molar-refractivity contribution in [1.82, 2.24) is 4.90 Å². The summed E-state index contributed by atoms with van der Waals surface area (Å²) in [5, 5.41) is 9.02. The van der Waals surface area contributed by atoms with Crippen molar-refractivity contribution in [1.29, 1.82) is 0 Å². The monoisotopic (exact) mass is 320 g/mol. The fourth-order valence-electron chi connectivity index (χ4n) is 2.83.